The zero-order valence-corrected chi connectivity index (χ0v) is 17.6. The van der Waals surface area contributed by atoms with E-state index in [0.717, 1.165) is 48.5 Å². The molecule has 152 valence electrons. The average molecular weight is 412 g/mol. The van der Waals surface area contributed by atoms with Gasteiger partial charge in [-0.25, -0.2) is 4.68 Å². The van der Waals surface area contributed by atoms with Gasteiger partial charge in [-0.3, -0.25) is 4.79 Å². The summed E-state index contributed by atoms with van der Waals surface area (Å²) in [5, 5.41) is 12.6. The normalized spacial score (nSPS) is 16.4. The van der Waals surface area contributed by atoms with Crippen molar-refractivity contribution in [3.8, 4) is 0 Å². The number of ether oxygens (including phenoxy) is 1. The molecule has 1 saturated heterocycles. The minimum Gasteiger partial charge on any atom is -0.376 e. The van der Waals surface area contributed by atoms with Gasteiger partial charge in [0.2, 0.25) is 5.16 Å². The molecule has 0 aliphatic carbocycles. The number of nitrogens with zero attached hydrogens (tertiary/aromatic N) is 5. The van der Waals surface area contributed by atoms with E-state index in [4.69, 9.17) is 4.74 Å². The van der Waals surface area contributed by atoms with Crippen LogP contribution in [0.1, 0.15) is 40.2 Å². The number of hydrogen-bond acceptors (Lipinski definition) is 6. The summed E-state index contributed by atoms with van der Waals surface area (Å²) in [6.45, 7) is 6.30. The number of tetrazole rings is 1. The van der Waals surface area contributed by atoms with Crippen LogP contribution in [0.5, 0.6) is 0 Å². The summed E-state index contributed by atoms with van der Waals surface area (Å²) in [6.07, 6.45) is 2.45. The van der Waals surface area contributed by atoms with Gasteiger partial charge in [0.15, 0.2) is 5.78 Å². The third-order valence-electron chi connectivity index (χ3n) is 5.29. The molecule has 1 aliphatic heterocycles. The molecule has 0 radical (unpaired) electrons. The number of rotatable bonds is 8. The third kappa shape index (κ3) is 4.59. The fourth-order valence-electron chi connectivity index (χ4n) is 3.72. The van der Waals surface area contributed by atoms with Crippen LogP contribution in [0.25, 0.3) is 0 Å². The van der Waals surface area contributed by atoms with Crippen molar-refractivity contribution < 1.29 is 9.53 Å². The molecule has 29 heavy (non-hydrogen) atoms. The Morgan fingerprint density at radius 2 is 2.10 bits per heavy atom. The summed E-state index contributed by atoms with van der Waals surface area (Å²) < 4.78 is 9.69. The molecule has 1 fully saturated rings. The van der Waals surface area contributed by atoms with Crippen LogP contribution in [0.3, 0.4) is 0 Å². The zero-order valence-electron chi connectivity index (χ0n) is 16.7. The first-order chi connectivity index (χ1) is 14.1. The molecule has 3 aromatic rings. The van der Waals surface area contributed by atoms with Gasteiger partial charge in [0.05, 0.1) is 18.4 Å². The molecule has 1 aliphatic rings. The van der Waals surface area contributed by atoms with Crippen molar-refractivity contribution in [2.75, 3.05) is 12.4 Å². The lowest BCUT2D eigenvalue weighted by atomic mass is 10.2. The van der Waals surface area contributed by atoms with Crippen LogP contribution < -0.4 is 0 Å². The molecule has 3 heterocycles. The molecular weight excluding hydrogens is 386 g/mol. The quantitative estimate of drug-likeness (QED) is 0.418. The van der Waals surface area contributed by atoms with Crippen LogP contribution >= 0.6 is 11.8 Å². The number of aromatic nitrogens is 5. The molecule has 0 bridgehead atoms. The van der Waals surface area contributed by atoms with Crippen molar-refractivity contribution >= 4 is 17.5 Å². The topological polar surface area (TPSA) is 74.8 Å². The monoisotopic (exact) mass is 411 g/mol. The van der Waals surface area contributed by atoms with E-state index in [1.807, 2.05) is 50.2 Å². The SMILES string of the molecule is Cc1cc(C(=O)CSc2nnnn2Cc2ccccc2)c(C)n1C[C@H]1CCCO1. The second-order valence-electron chi connectivity index (χ2n) is 7.35. The number of hydrogen-bond donors (Lipinski definition) is 0. The van der Waals surface area contributed by atoms with Crippen molar-refractivity contribution in [2.45, 2.75) is 51.0 Å². The molecule has 4 rings (SSSR count). The van der Waals surface area contributed by atoms with Gasteiger partial charge in [0.1, 0.15) is 0 Å². The maximum atomic E-state index is 12.9. The minimum atomic E-state index is 0.0935. The molecule has 8 heteroatoms. The summed E-state index contributed by atoms with van der Waals surface area (Å²) in [5.74, 6) is 0.398. The number of aryl methyl sites for hydroxylation is 1. The molecule has 1 aromatic carbocycles. The summed E-state index contributed by atoms with van der Waals surface area (Å²) >= 11 is 1.38. The lowest BCUT2D eigenvalue weighted by Gasteiger charge is -2.14. The Morgan fingerprint density at radius 3 is 2.86 bits per heavy atom. The number of thioether (sulfide) groups is 1. The first-order valence-corrected chi connectivity index (χ1v) is 10.8. The standard InChI is InChI=1S/C21H25N5O2S/c1-15-11-19(16(2)25(15)13-18-9-6-10-28-18)20(27)14-29-21-22-23-24-26(21)12-17-7-4-3-5-8-17/h3-5,7-8,11,18H,6,9-10,12-14H2,1-2H3/t18-/m1/s1. The molecule has 2 aromatic heterocycles. The van der Waals surface area contributed by atoms with Crippen LogP contribution in [0.2, 0.25) is 0 Å². The van der Waals surface area contributed by atoms with E-state index in [0.29, 0.717) is 17.5 Å². The van der Waals surface area contributed by atoms with Gasteiger partial charge >= 0.3 is 0 Å². The molecular formula is C21H25N5O2S. The summed E-state index contributed by atoms with van der Waals surface area (Å²) in [4.78, 5) is 12.9. The predicted molar refractivity (Wildman–Crippen MR) is 111 cm³/mol. The molecule has 0 spiro atoms. The highest BCUT2D eigenvalue weighted by Gasteiger charge is 2.21. The van der Waals surface area contributed by atoms with Gasteiger partial charge in [-0.15, -0.1) is 5.10 Å². The Hall–Kier alpha value is -2.45. The van der Waals surface area contributed by atoms with Crippen LogP contribution in [-0.4, -0.2) is 49.0 Å². The predicted octanol–water partition coefficient (Wildman–Crippen LogP) is 3.29. The van der Waals surface area contributed by atoms with E-state index >= 15 is 0 Å². The molecule has 0 amide bonds. The van der Waals surface area contributed by atoms with Crippen molar-refractivity contribution in [1.82, 2.24) is 24.8 Å². The fourth-order valence-corrected chi connectivity index (χ4v) is 4.48. The first kappa shape index (κ1) is 19.8. The Morgan fingerprint density at radius 1 is 1.28 bits per heavy atom. The largest absolute Gasteiger partial charge is 0.376 e. The van der Waals surface area contributed by atoms with Crippen LogP contribution in [0, 0.1) is 13.8 Å². The molecule has 0 N–H and O–H groups in total. The first-order valence-electron chi connectivity index (χ1n) is 9.86. The zero-order chi connectivity index (χ0) is 20.2. The van der Waals surface area contributed by atoms with Gasteiger partial charge < -0.3 is 9.30 Å². The number of benzene rings is 1. The van der Waals surface area contributed by atoms with Gasteiger partial charge in [-0.2, -0.15) is 0 Å². The molecule has 7 nitrogen and oxygen atoms in total. The highest BCUT2D eigenvalue weighted by atomic mass is 32.2. The number of Topliss-reactive ketones (excluding diaryl/α,β-unsaturated/α-hetero) is 1. The second-order valence-corrected chi connectivity index (χ2v) is 8.29. The highest BCUT2D eigenvalue weighted by Crippen LogP contribution is 2.23. The fraction of sp³-hybridized carbons (Fsp3) is 0.429. The van der Waals surface area contributed by atoms with Crippen LogP contribution in [-0.2, 0) is 17.8 Å². The third-order valence-corrected chi connectivity index (χ3v) is 6.25. The second kappa shape index (κ2) is 8.92. The number of carbonyl (C=O) groups is 1. The molecule has 0 saturated carbocycles. The highest BCUT2D eigenvalue weighted by molar-refractivity contribution is 7.99. The Bertz CT molecular complexity index is 976. The van der Waals surface area contributed by atoms with Crippen LogP contribution in [0.4, 0.5) is 0 Å². The van der Waals surface area contributed by atoms with Gasteiger partial charge in [0.25, 0.3) is 0 Å². The van der Waals surface area contributed by atoms with E-state index < -0.39 is 0 Å². The summed E-state index contributed by atoms with van der Waals surface area (Å²) in [5.41, 5.74) is 3.99. The number of carbonyl (C=O) groups excluding carboxylic acids is 1. The van der Waals surface area contributed by atoms with E-state index in [-0.39, 0.29) is 11.9 Å². The lowest BCUT2D eigenvalue weighted by Crippen LogP contribution is -2.17. The molecule has 0 unspecified atom stereocenters. The lowest BCUT2D eigenvalue weighted by molar-refractivity contribution is 0.0957. The average Bonchev–Trinajstić information content (AvgIpc) is 3.45. The summed E-state index contributed by atoms with van der Waals surface area (Å²) in [7, 11) is 0. The van der Waals surface area contributed by atoms with E-state index in [2.05, 4.69) is 20.1 Å². The van der Waals surface area contributed by atoms with E-state index in [1.54, 1.807) is 4.68 Å². The minimum absolute atomic E-state index is 0.0935. The van der Waals surface area contributed by atoms with Crippen molar-refractivity contribution in [2.24, 2.45) is 0 Å². The molecule has 1 atom stereocenters. The van der Waals surface area contributed by atoms with Gasteiger partial charge in [0, 0.05) is 30.1 Å². The van der Waals surface area contributed by atoms with Gasteiger partial charge in [-0.1, -0.05) is 42.1 Å². The van der Waals surface area contributed by atoms with E-state index in [1.165, 1.54) is 11.8 Å². The number of ketones is 1. The van der Waals surface area contributed by atoms with Crippen molar-refractivity contribution in [3.05, 3.63) is 58.9 Å². The Kier molecular flexibility index (Phi) is 6.10. The Balaban J connectivity index is 1.41. The summed E-state index contributed by atoms with van der Waals surface area (Å²) in [6, 6.07) is 12.0. The Labute approximate surface area is 174 Å². The smallest absolute Gasteiger partial charge is 0.210 e. The van der Waals surface area contributed by atoms with Crippen molar-refractivity contribution in [3.63, 3.8) is 0 Å². The maximum absolute atomic E-state index is 12.9. The van der Waals surface area contributed by atoms with Crippen LogP contribution in [0.15, 0.2) is 41.6 Å². The maximum Gasteiger partial charge on any atom is 0.210 e. The van der Waals surface area contributed by atoms with E-state index in [9.17, 15) is 4.79 Å². The van der Waals surface area contributed by atoms with Gasteiger partial charge in [-0.05, 0) is 48.7 Å². The van der Waals surface area contributed by atoms with Crippen molar-refractivity contribution in [1.29, 1.82) is 0 Å².